The molecule has 1 aromatic heterocycles. The number of aromatic nitrogens is 1. The van der Waals surface area contributed by atoms with Crippen molar-refractivity contribution in [2.45, 2.75) is 45.6 Å². The van der Waals surface area contributed by atoms with Crippen LogP contribution in [0.15, 0.2) is 23.2 Å². The monoisotopic (exact) mass is 304 g/mol. The van der Waals surface area contributed by atoms with E-state index in [2.05, 4.69) is 27.5 Å². The summed E-state index contributed by atoms with van der Waals surface area (Å²) in [4.78, 5) is 8.70. The van der Waals surface area contributed by atoms with E-state index in [4.69, 9.17) is 4.74 Å². The van der Waals surface area contributed by atoms with Crippen molar-refractivity contribution in [1.29, 1.82) is 0 Å². The average molecular weight is 304 g/mol. The average Bonchev–Trinajstić information content (AvgIpc) is 3.04. The van der Waals surface area contributed by atoms with E-state index in [-0.39, 0.29) is 0 Å². The lowest BCUT2D eigenvalue weighted by molar-refractivity contribution is 0.283. The highest BCUT2D eigenvalue weighted by atomic mass is 16.5. The Labute approximate surface area is 133 Å². The number of methoxy groups -OCH3 is 1. The zero-order chi connectivity index (χ0) is 15.8. The van der Waals surface area contributed by atoms with Crippen LogP contribution in [0.3, 0.4) is 0 Å². The van der Waals surface area contributed by atoms with Crippen LogP contribution in [0.5, 0.6) is 5.88 Å². The van der Waals surface area contributed by atoms with Crippen LogP contribution >= 0.6 is 0 Å². The summed E-state index contributed by atoms with van der Waals surface area (Å²) in [6.07, 6.45) is 6.59. The van der Waals surface area contributed by atoms with Crippen LogP contribution in [0.2, 0.25) is 0 Å². The zero-order valence-electron chi connectivity index (χ0n) is 14.0. The Kier molecular flexibility index (Phi) is 6.04. The first-order valence-corrected chi connectivity index (χ1v) is 8.16. The molecular formula is C17H28N4O. The molecule has 22 heavy (non-hydrogen) atoms. The minimum atomic E-state index is 0.450. The largest absolute Gasteiger partial charge is 0.481 e. The summed E-state index contributed by atoms with van der Waals surface area (Å²) in [5, 5.41) is 6.80. The molecule has 122 valence electrons. The molecule has 0 radical (unpaired) electrons. The Hall–Kier alpha value is -1.78. The lowest BCUT2D eigenvalue weighted by Gasteiger charge is -2.28. The third kappa shape index (κ3) is 4.36. The molecule has 5 nitrogen and oxygen atoms in total. The van der Waals surface area contributed by atoms with Crippen molar-refractivity contribution in [3.05, 3.63) is 23.9 Å². The summed E-state index contributed by atoms with van der Waals surface area (Å²) in [7, 11) is 3.44. The zero-order valence-corrected chi connectivity index (χ0v) is 14.0. The highest BCUT2D eigenvalue weighted by Crippen LogP contribution is 2.40. The van der Waals surface area contributed by atoms with Crippen molar-refractivity contribution >= 4 is 5.96 Å². The number of aliphatic imine (C=N–C) groups is 1. The van der Waals surface area contributed by atoms with Gasteiger partial charge in [0, 0.05) is 19.7 Å². The van der Waals surface area contributed by atoms with Gasteiger partial charge in [-0.3, -0.25) is 4.99 Å². The van der Waals surface area contributed by atoms with Crippen molar-refractivity contribution in [1.82, 2.24) is 15.6 Å². The lowest BCUT2D eigenvalue weighted by atomic mass is 9.83. The van der Waals surface area contributed by atoms with Crippen molar-refractivity contribution < 1.29 is 4.74 Å². The van der Waals surface area contributed by atoms with E-state index in [1.807, 2.05) is 25.2 Å². The number of nitrogens with zero attached hydrogens (tertiary/aromatic N) is 2. The number of hydrogen-bond acceptors (Lipinski definition) is 3. The van der Waals surface area contributed by atoms with Gasteiger partial charge in [-0.2, -0.15) is 0 Å². The maximum atomic E-state index is 5.15. The molecule has 1 saturated carbocycles. The first kappa shape index (κ1) is 16.6. The molecule has 0 aliphatic heterocycles. The molecule has 2 N–H and O–H groups in total. The molecule has 2 rings (SSSR count). The number of rotatable bonds is 6. The summed E-state index contributed by atoms with van der Waals surface area (Å²) in [5.41, 5.74) is 1.39. The van der Waals surface area contributed by atoms with E-state index in [1.165, 1.54) is 32.1 Å². The standard InChI is InChI=1S/C17H28N4O/c1-4-17(10-5-6-11-17)13-20-16(18-2)19-12-14-8-7-9-15(21-14)22-3/h7-9H,4-6,10-13H2,1-3H3,(H2,18,19,20). The predicted octanol–water partition coefficient (Wildman–Crippen LogP) is 2.73. The fourth-order valence-electron chi connectivity index (χ4n) is 3.12. The van der Waals surface area contributed by atoms with Gasteiger partial charge in [0.1, 0.15) is 0 Å². The van der Waals surface area contributed by atoms with E-state index in [1.54, 1.807) is 7.11 Å². The third-order valence-corrected chi connectivity index (χ3v) is 4.70. The SMILES string of the molecule is CCC1(CNC(=NC)NCc2cccc(OC)n2)CCCC1. The van der Waals surface area contributed by atoms with Gasteiger partial charge in [0.15, 0.2) is 5.96 Å². The van der Waals surface area contributed by atoms with Gasteiger partial charge in [-0.25, -0.2) is 4.98 Å². The second kappa shape index (κ2) is 8.01. The smallest absolute Gasteiger partial charge is 0.213 e. The Morgan fingerprint density at radius 1 is 1.32 bits per heavy atom. The third-order valence-electron chi connectivity index (χ3n) is 4.70. The Balaban J connectivity index is 1.84. The van der Waals surface area contributed by atoms with Gasteiger partial charge in [-0.1, -0.05) is 25.8 Å². The molecule has 5 heteroatoms. The quantitative estimate of drug-likeness (QED) is 0.627. The van der Waals surface area contributed by atoms with Gasteiger partial charge in [-0.15, -0.1) is 0 Å². The molecule has 1 aromatic rings. The van der Waals surface area contributed by atoms with E-state index < -0.39 is 0 Å². The van der Waals surface area contributed by atoms with Crippen LogP contribution in [-0.4, -0.2) is 31.6 Å². The lowest BCUT2D eigenvalue weighted by Crippen LogP contribution is -2.42. The molecule has 1 aliphatic carbocycles. The molecule has 1 aliphatic rings. The Morgan fingerprint density at radius 2 is 2.09 bits per heavy atom. The second-order valence-corrected chi connectivity index (χ2v) is 6.01. The predicted molar refractivity (Wildman–Crippen MR) is 90.2 cm³/mol. The summed E-state index contributed by atoms with van der Waals surface area (Å²) >= 11 is 0. The maximum absolute atomic E-state index is 5.15. The fraction of sp³-hybridized carbons (Fsp3) is 0.647. The van der Waals surface area contributed by atoms with E-state index >= 15 is 0 Å². The minimum absolute atomic E-state index is 0.450. The van der Waals surface area contributed by atoms with Crippen molar-refractivity contribution in [2.24, 2.45) is 10.4 Å². The Bertz CT molecular complexity index is 495. The highest BCUT2D eigenvalue weighted by Gasteiger charge is 2.31. The molecule has 1 heterocycles. The van der Waals surface area contributed by atoms with Crippen LogP contribution in [0.1, 0.15) is 44.7 Å². The molecular weight excluding hydrogens is 276 g/mol. The second-order valence-electron chi connectivity index (χ2n) is 6.01. The fourth-order valence-corrected chi connectivity index (χ4v) is 3.12. The van der Waals surface area contributed by atoms with Gasteiger partial charge < -0.3 is 15.4 Å². The van der Waals surface area contributed by atoms with Crippen molar-refractivity contribution in [3.8, 4) is 5.88 Å². The van der Waals surface area contributed by atoms with Gasteiger partial charge in [0.2, 0.25) is 5.88 Å². The van der Waals surface area contributed by atoms with Crippen molar-refractivity contribution in [3.63, 3.8) is 0 Å². The van der Waals surface area contributed by atoms with E-state index in [9.17, 15) is 0 Å². The van der Waals surface area contributed by atoms with Gasteiger partial charge in [-0.05, 0) is 30.7 Å². The van der Waals surface area contributed by atoms with Crippen LogP contribution in [0.25, 0.3) is 0 Å². The van der Waals surface area contributed by atoms with Crippen LogP contribution < -0.4 is 15.4 Å². The van der Waals surface area contributed by atoms with Crippen LogP contribution in [0.4, 0.5) is 0 Å². The summed E-state index contributed by atoms with van der Waals surface area (Å²) in [6.45, 7) is 3.92. The summed E-state index contributed by atoms with van der Waals surface area (Å²) < 4.78 is 5.15. The molecule has 0 spiro atoms. The Morgan fingerprint density at radius 3 is 2.73 bits per heavy atom. The van der Waals surface area contributed by atoms with Crippen molar-refractivity contribution in [2.75, 3.05) is 20.7 Å². The minimum Gasteiger partial charge on any atom is -0.481 e. The molecule has 0 aromatic carbocycles. The van der Waals surface area contributed by atoms with Gasteiger partial charge in [0.25, 0.3) is 0 Å². The molecule has 0 unspecified atom stereocenters. The summed E-state index contributed by atoms with van der Waals surface area (Å²) in [6, 6.07) is 5.78. The number of pyridine rings is 1. The molecule has 0 bridgehead atoms. The van der Waals surface area contributed by atoms with E-state index in [0.29, 0.717) is 17.8 Å². The number of nitrogens with one attached hydrogen (secondary N) is 2. The van der Waals surface area contributed by atoms with Crippen LogP contribution in [-0.2, 0) is 6.54 Å². The normalized spacial score (nSPS) is 17.3. The topological polar surface area (TPSA) is 58.5 Å². The number of ether oxygens (including phenoxy) is 1. The summed E-state index contributed by atoms with van der Waals surface area (Å²) in [5.74, 6) is 1.47. The van der Waals surface area contributed by atoms with Gasteiger partial charge >= 0.3 is 0 Å². The highest BCUT2D eigenvalue weighted by molar-refractivity contribution is 5.79. The number of guanidine groups is 1. The number of hydrogen-bond donors (Lipinski definition) is 2. The molecule has 0 atom stereocenters. The van der Waals surface area contributed by atoms with E-state index in [0.717, 1.165) is 18.2 Å². The first-order valence-electron chi connectivity index (χ1n) is 8.16. The van der Waals surface area contributed by atoms with Crippen LogP contribution in [0, 0.1) is 5.41 Å². The molecule has 1 fully saturated rings. The van der Waals surface area contributed by atoms with Gasteiger partial charge in [0.05, 0.1) is 19.3 Å². The molecule has 0 saturated heterocycles. The maximum Gasteiger partial charge on any atom is 0.213 e. The molecule has 0 amide bonds. The first-order chi connectivity index (χ1) is 10.7.